The lowest BCUT2D eigenvalue weighted by Crippen LogP contribution is -2.27. The summed E-state index contributed by atoms with van der Waals surface area (Å²) in [4.78, 5) is 0.0818. The molecular weight excluding hydrogens is 338 g/mol. The first-order chi connectivity index (χ1) is 10.9. The Hall–Kier alpha value is -2.07. The molecule has 0 fully saturated rings. The van der Waals surface area contributed by atoms with E-state index in [0.717, 1.165) is 0 Å². The smallest absolute Gasteiger partial charge is 0.181 e. The van der Waals surface area contributed by atoms with E-state index in [4.69, 9.17) is 21.6 Å². The van der Waals surface area contributed by atoms with Crippen molar-refractivity contribution in [3.63, 3.8) is 0 Å². The topological polar surface area (TPSA) is 87.4 Å². The maximum atomic E-state index is 12.2. The number of para-hydroxylation sites is 1. The summed E-state index contributed by atoms with van der Waals surface area (Å²) < 4.78 is 29.7. The second-order valence-electron chi connectivity index (χ2n) is 4.81. The Labute approximate surface area is 139 Å². The van der Waals surface area contributed by atoms with Gasteiger partial charge in [0.15, 0.2) is 9.84 Å². The van der Waals surface area contributed by atoms with Crippen molar-refractivity contribution in [3.8, 4) is 11.8 Å². The van der Waals surface area contributed by atoms with E-state index in [0.29, 0.717) is 16.3 Å². The third-order valence-electron chi connectivity index (χ3n) is 3.02. The first-order valence-electron chi connectivity index (χ1n) is 6.70. The molecule has 7 heteroatoms. The summed E-state index contributed by atoms with van der Waals surface area (Å²) in [5.74, 6) is -0.179. The molecule has 2 aromatic rings. The van der Waals surface area contributed by atoms with Crippen molar-refractivity contribution in [1.82, 2.24) is 0 Å². The van der Waals surface area contributed by atoms with Gasteiger partial charge in [-0.2, -0.15) is 5.26 Å². The standard InChI is InChI=1S/C16H14ClNO4S/c17-13-5-7-15(8-6-13)23(20,21)11-14(19)10-22-16-4-2-1-3-12(16)9-18/h1-8,14,19H,10-11H2/t14-/m1/s1. The minimum atomic E-state index is -3.65. The molecule has 0 radical (unpaired) electrons. The van der Waals surface area contributed by atoms with Gasteiger partial charge in [-0.15, -0.1) is 0 Å². The zero-order valence-corrected chi connectivity index (χ0v) is 13.6. The molecule has 1 N–H and O–H groups in total. The van der Waals surface area contributed by atoms with Crippen molar-refractivity contribution in [1.29, 1.82) is 5.26 Å². The van der Waals surface area contributed by atoms with Crippen LogP contribution in [0.25, 0.3) is 0 Å². The van der Waals surface area contributed by atoms with Crippen molar-refractivity contribution >= 4 is 21.4 Å². The highest BCUT2D eigenvalue weighted by molar-refractivity contribution is 7.91. The van der Waals surface area contributed by atoms with Crippen LogP contribution in [0, 0.1) is 11.3 Å². The van der Waals surface area contributed by atoms with E-state index in [2.05, 4.69) is 0 Å². The Morgan fingerprint density at radius 1 is 1.17 bits per heavy atom. The molecule has 0 aliphatic heterocycles. The molecule has 0 aliphatic carbocycles. The van der Waals surface area contributed by atoms with Crippen LogP contribution in [0.4, 0.5) is 0 Å². The highest BCUT2D eigenvalue weighted by Crippen LogP contribution is 2.18. The van der Waals surface area contributed by atoms with Gasteiger partial charge >= 0.3 is 0 Å². The second kappa shape index (κ2) is 7.47. The van der Waals surface area contributed by atoms with Gasteiger partial charge in [-0.05, 0) is 36.4 Å². The average molecular weight is 352 g/mol. The Bertz CT molecular complexity index is 813. The van der Waals surface area contributed by atoms with Gasteiger partial charge in [0.05, 0.1) is 16.2 Å². The molecule has 23 heavy (non-hydrogen) atoms. The van der Waals surface area contributed by atoms with Gasteiger partial charge in [-0.1, -0.05) is 23.7 Å². The summed E-state index contributed by atoms with van der Waals surface area (Å²) in [5, 5.41) is 19.3. The zero-order chi connectivity index (χ0) is 16.9. The number of hydrogen-bond donors (Lipinski definition) is 1. The molecule has 0 aromatic heterocycles. The lowest BCUT2D eigenvalue weighted by molar-refractivity contribution is 0.124. The van der Waals surface area contributed by atoms with E-state index in [1.54, 1.807) is 24.3 Å². The average Bonchev–Trinajstić information content (AvgIpc) is 2.53. The molecule has 0 amide bonds. The molecule has 2 rings (SSSR count). The number of sulfone groups is 1. The van der Waals surface area contributed by atoms with Crippen LogP contribution in [-0.2, 0) is 9.84 Å². The monoisotopic (exact) mass is 351 g/mol. The molecule has 5 nitrogen and oxygen atoms in total. The van der Waals surface area contributed by atoms with Crippen LogP contribution >= 0.6 is 11.6 Å². The first kappa shape index (κ1) is 17.3. The van der Waals surface area contributed by atoms with Crippen molar-refractivity contribution in [2.24, 2.45) is 0 Å². The summed E-state index contributed by atoms with van der Waals surface area (Å²) in [6.07, 6.45) is -1.22. The van der Waals surface area contributed by atoms with Crippen LogP contribution in [0.3, 0.4) is 0 Å². The lowest BCUT2D eigenvalue weighted by atomic mass is 10.2. The van der Waals surface area contributed by atoms with Gasteiger partial charge in [-0.3, -0.25) is 0 Å². The van der Waals surface area contributed by atoms with Crippen molar-refractivity contribution in [2.75, 3.05) is 12.4 Å². The molecule has 0 saturated heterocycles. The van der Waals surface area contributed by atoms with Crippen molar-refractivity contribution in [3.05, 3.63) is 59.1 Å². The van der Waals surface area contributed by atoms with Gasteiger partial charge in [0.25, 0.3) is 0 Å². The maximum Gasteiger partial charge on any atom is 0.181 e. The van der Waals surface area contributed by atoms with Gasteiger partial charge < -0.3 is 9.84 Å². The molecule has 2 aromatic carbocycles. The molecule has 0 heterocycles. The van der Waals surface area contributed by atoms with Crippen LogP contribution in [0.2, 0.25) is 5.02 Å². The largest absolute Gasteiger partial charge is 0.489 e. The lowest BCUT2D eigenvalue weighted by Gasteiger charge is -2.13. The Kier molecular flexibility index (Phi) is 5.61. The van der Waals surface area contributed by atoms with E-state index in [1.165, 1.54) is 24.3 Å². The van der Waals surface area contributed by atoms with E-state index in [1.807, 2.05) is 6.07 Å². The summed E-state index contributed by atoms with van der Waals surface area (Å²) in [7, 11) is -3.65. The second-order valence-corrected chi connectivity index (χ2v) is 7.28. The van der Waals surface area contributed by atoms with E-state index < -0.39 is 21.7 Å². The molecular formula is C16H14ClNO4S. The molecule has 0 saturated carbocycles. The number of nitriles is 1. The normalized spacial score (nSPS) is 12.4. The Balaban J connectivity index is 2.00. The van der Waals surface area contributed by atoms with E-state index in [9.17, 15) is 13.5 Å². The molecule has 0 spiro atoms. The number of ether oxygens (including phenoxy) is 1. The molecule has 120 valence electrons. The fraction of sp³-hybridized carbons (Fsp3) is 0.188. The fourth-order valence-corrected chi connectivity index (χ4v) is 3.38. The SMILES string of the molecule is N#Cc1ccccc1OC[C@@H](O)CS(=O)(=O)c1ccc(Cl)cc1. The van der Waals surface area contributed by atoms with Gasteiger partial charge in [0.1, 0.15) is 24.5 Å². The Morgan fingerprint density at radius 2 is 1.83 bits per heavy atom. The summed E-state index contributed by atoms with van der Waals surface area (Å²) in [6.45, 7) is -0.231. The van der Waals surface area contributed by atoms with E-state index >= 15 is 0 Å². The molecule has 0 aliphatic rings. The predicted octanol–water partition coefficient (Wildman–Crippen LogP) is 2.43. The number of aliphatic hydroxyl groups excluding tert-OH is 1. The minimum Gasteiger partial charge on any atom is -0.489 e. The summed E-state index contributed by atoms with van der Waals surface area (Å²) in [6, 6.07) is 14.2. The number of halogens is 1. The van der Waals surface area contributed by atoms with Crippen molar-refractivity contribution < 1.29 is 18.3 Å². The quantitative estimate of drug-likeness (QED) is 0.863. The predicted molar refractivity (Wildman–Crippen MR) is 86.2 cm³/mol. The van der Waals surface area contributed by atoms with Crippen LogP contribution in [0.15, 0.2) is 53.4 Å². The highest BCUT2D eigenvalue weighted by atomic mass is 35.5. The van der Waals surface area contributed by atoms with Crippen LogP contribution < -0.4 is 4.74 Å². The fourth-order valence-electron chi connectivity index (χ4n) is 1.91. The van der Waals surface area contributed by atoms with Crippen LogP contribution in [-0.4, -0.2) is 32.0 Å². The molecule has 0 unspecified atom stereocenters. The van der Waals surface area contributed by atoms with Gasteiger partial charge in [0.2, 0.25) is 0 Å². The Morgan fingerprint density at radius 3 is 2.48 bits per heavy atom. The number of rotatable bonds is 6. The number of hydrogen-bond acceptors (Lipinski definition) is 5. The number of nitrogens with zero attached hydrogens (tertiary/aromatic N) is 1. The van der Waals surface area contributed by atoms with Crippen LogP contribution in [0.1, 0.15) is 5.56 Å². The molecule has 0 bridgehead atoms. The zero-order valence-electron chi connectivity index (χ0n) is 12.0. The summed E-state index contributed by atoms with van der Waals surface area (Å²) in [5.41, 5.74) is 0.320. The maximum absolute atomic E-state index is 12.2. The van der Waals surface area contributed by atoms with E-state index in [-0.39, 0.29) is 11.5 Å². The first-order valence-corrected chi connectivity index (χ1v) is 8.74. The third-order valence-corrected chi connectivity index (χ3v) is 5.09. The van der Waals surface area contributed by atoms with Crippen LogP contribution in [0.5, 0.6) is 5.75 Å². The van der Waals surface area contributed by atoms with Gasteiger partial charge in [0, 0.05) is 5.02 Å². The number of benzene rings is 2. The number of aliphatic hydroxyl groups is 1. The van der Waals surface area contributed by atoms with Crippen molar-refractivity contribution in [2.45, 2.75) is 11.0 Å². The third kappa shape index (κ3) is 4.70. The molecule has 1 atom stereocenters. The summed E-state index contributed by atoms with van der Waals surface area (Å²) >= 11 is 5.72. The minimum absolute atomic E-state index is 0.0818. The van der Waals surface area contributed by atoms with Gasteiger partial charge in [-0.25, -0.2) is 8.42 Å². The highest BCUT2D eigenvalue weighted by Gasteiger charge is 2.20.